The molecular formula is C27H27N5O5S. The van der Waals surface area contributed by atoms with Gasteiger partial charge in [0.2, 0.25) is 5.75 Å². The maximum Gasteiger partial charge on any atom is 0.250 e. The number of aromatic nitrogens is 3. The van der Waals surface area contributed by atoms with E-state index in [0.717, 1.165) is 17.0 Å². The predicted molar refractivity (Wildman–Crippen MR) is 146 cm³/mol. The lowest BCUT2D eigenvalue weighted by Gasteiger charge is -2.12. The highest BCUT2D eigenvalue weighted by Crippen LogP contribution is 2.37. The molecule has 0 fully saturated rings. The molecule has 0 saturated carbocycles. The van der Waals surface area contributed by atoms with Gasteiger partial charge in [-0.05, 0) is 36.4 Å². The van der Waals surface area contributed by atoms with Crippen LogP contribution in [0.25, 0.3) is 17.1 Å². The second kappa shape index (κ2) is 12.6. The van der Waals surface area contributed by atoms with Gasteiger partial charge in [0.25, 0.3) is 5.91 Å². The Hall–Kier alpha value is -4.51. The summed E-state index contributed by atoms with van der Waals surface area (Å²) in [4.78, 5) is 12.6. The van der Waals surface area contributed by atoms with Gasteiger partial charge in [-0.25, -0.2) is 5.43 Å². The van der Waals surface area contributed by atoms with E-state index < -0.39 is 0 Å². The molecule has 11 heteroatoms. The topological polar surface area (TPSA) is 109 Å². The van der Waals surface area contributed by atoms with Crippen LogP contribution in [0.2, 0.25) is 0 Å². The monoisotopic (exact) mass is 533 g/mol. The molecule has 0 unspecified atom stereocenters. The molecule has 0 aliphatic carbocycles. The molecule has 0 saturated heterocycles. The van der Waals surface area contributed by atoms with Crippen LogP contribution < -0.4 is 24.4 Å². The summed E-state index contributed by atoms with van der Waals surface area (Å²) in [5, 5.41) is 13.4. The van der Waals surface area contributed by atoms with E-state index in [9.17, 15) is 4.79 Å². The molecular weight excluding hydrogens is 506 g/mol. The largest absolute Gasteiger partial charge is 0.497 e. The minimum atomic E-state index is -0.302. The molecule has 10 nitrogen and oxygen atoms in total. The Kier molecular flexibility index (Phi) is 8.83. The molecule has 0 radical (unpaired) electrons. The number of carbonyl (C=O) groups excluding carboxylic acids is 1. The normalized spacial score (nSPS) is 10.8. The van der Waals surface area contributed by atoms with Gasteiger partial charge in [-0.2, -0.15) is 5.10 Å². The van der Waals surface area contributed by atoms with E-state index >= 15 is 0 Å². The molecule has 3 aromatic carbocycles. The summed E-state index contributed by atoms with van der Waals surface area (Å²) < 4.78 is 23.2. The Morgan fingerprint density at radius 3 is 2.21 bits per heavy atom. The lowest BCUT2D eigenvalue weighted by atomic mass is 10.2. The number of ether oxygens (including phenoxy) is 4. The Morgan fingerprint density at radius 1 is 0.921 bits per heavy atom. The molecule has 0 aliphatic heterocycles. The standard InChI is InChI=1S/C27H27N5O5S/c1-34-21-12-10-20(11-13-21)32-26(19-8-6-5-7-9-19)30-31-27(32)38-17-24(33)29-28-16-18-14-22(35-2)25(37-4)23(15-18)36-3/h5-16H,17H2,1-4H3,(H,29,33). The first-order valence-electron chi connectivity index (χ1n) is 11.5. The fourth-order valence-electron chi connectivity index (χ4n) is 3.62. The van der Waals surface area contributed by atoms with Crippen LogP contribution in [0.5, 0.6) is 23.0 Å². The number of hydrazone groups is 1. The zero-order valence-corrected chi connectivity index (χ0v) is 22.2. The number of nitrogens with one attached hydrogen (secondary N) is 1. The second-order valence-electron chi connectivity index (χ2n) is 7.75. The minimum absolute atomic E-state index is 0.0790. The summed E-state index contributed by atoms with van der Waals surface area (Å²) in [5.41, 5.74) is 4.96. The van der Waals surface area contributed by atoms with E-state index in [1.807, 2.05) is 59.2 Å². The average Bonchev–Trinajstić information content (AvgIpc) is 3.40. The first-order chi connectivity index (χ1) is 18.6. The minimum Gasteiger partial charge on any atom is -0.497 e. The van der Waals surface area contributed by atoms with Crippen molar-refractivity contribution >= 4 is 23.9 Å². The summed E-state index contributed by atoms with van der Waals surface area (Å²) in [6.45, 7) is 0. The van der Waals surface area contributed by atoms with Crippen LogP contribution in [0, 0.1) is 0 Å². The fourth-order valence-corrected chi connectivity index (χ4v) is 4.36. The van der Waals surface area contributed by atoms with Gasteiger partial charge in [-0.3, -0.25) is 9.36 Å². The van der Waals surface area contributed by atoms with Crippen LogP contribution in [0.15, 0.2) is 77.0 Å². The summed E-state index contributed by atoms with van der Waals surface area (Å²) in [7, 11) is 6.22. The van der Waals surface area contributed by atoms with Crippen molar-refractivity contribution in [2.24, 2.45) is 5.10 Å². The molecule has 0 spiro atoms. The zero-order chi connectivity index (χ0) is 26.9. The van der Waals surface area contributed by atoms with Crippen molar-refractivity contribution in [3.8, 4) is 40.1 Å². The van der Waals surface area contributed by atoms with E-state index in [1.165, 1.54) is 39.3 Å². The third-order valence-corrected chi connectivity index (χ3v) is 6.35. The Bertz CT molecular complexity index is 1380. The highest BCUT2D eigenvalue weighted by molar-refractivity contribution is 7.99. The number of carbonyl (C=O) groups is 1. The molecule has 0 aliphatic rings. The highest BCUT2D eigenvalue weighted by atomic mass is 32.2. The van der Waals surface area contributed by atoms with Crippen molar-refractivity contribution in [2.75, 3.05) is 34.2 Å². The van der Waals surface area contributed by atoms with Crippen molar-refractivity contribution in [2.45, 2.75) is 5.16 Å². The second-order valence-corrected chi connectivity index (χ2v) is 8.69. The quantitative estimate of drug-likeness (QED) is 0.174. The van der Waals surface area contributed by atoms with E-state index in [2.05, 4.69) is 20.7 Å². The highest BCUT2D eigenvalue weighted by Gasteiger charge is 2.17. The van der Waals surface area contributed by atoms with Crippen molar-refractivity contribution in [1.29, 1.82) is 0 Å². The Labute approximate surface area is 224 Å². The number of thioether (sulfide) groups is 1. The van der Waals surface area contributed by atoms with Crippen molar-refractivity contribution in [3.63, 3.8) is 0 Å². The third-order valence-electron chi connectivity index (χ3n) is 5.42. The number of methoxy groups -OCH3 is 4. The fraction of sp³-hybridized carbons (Fsp3) is 0.185. The van der Waals surface area contributed by atoms with Gasteiger partial charge < -0.3 is 18.9 Å². The Balaban J connectivity index is 1.49. The average molecular weight is 534 g/mol. The van der Waals surface area contributed by atoms with E-state index in [4.69, 9.17) is 18.9 Å². The number of rotatable bonds is 11. The molecule has 4 rings (SSSR count). The predicted octanol–water partition coefficient (Wildman–Crippen LogP) is 4.21. The van der Waals surface area contributed by atoms with Crippen LogP contribution in [0.4, 0.5) is 0 Å². The summed E-state index contributed by atoms with van der Waals surface area (Å²) in [5.74, 6) is 2.63. The van der Waals surface area contributed by atoms with Crippen molar-refractivity contribution < 1.29 is 23.7 Å². The van der Waals surface area contributed by atoms with Crippen LogP contribution in [-0.2, 0) is 4.79 Å². The molecule has 0 bridgehead atoms. The number of hydrogen-bond donors (Lipinski definition) is 1. The van der Waals surface area contributed by atoms with Crippen LogP contribution >= 0.6 is 11.8 Å². The maximum absolute atomic E-state index is 12.6. The molecule has 1 aromatic heterocycles. The zero-order valence-electron chi connectivity index (χ0n) is 21.4. The lowest BCUT2D eigenvalue weighted by Crippen LogP contribution is -2.20. The molecule has 196 valence electrons. The molecule has 4 aromatic rings. The number of benzene rings is 3. The summed E-state index contributed by atoms with van der Waals surface area (Å²) in [6, 6.07) is 20.8. The third kappa shape index (κ3) is 6.06. The lowest BCUT2D eigenvalue weighted by molar-refractivity contribution is -0.118. The molecule has 0 atom stereocenters. The molecule has 1 amide bonds. The van der Waals surface area contributed by atoms with Crippen LogP contribution in [0.3, 0.4) is 0 Å². The molecule has 1 N–H and O–H groups in total. The van der Waals surface area contributed by atoms with Crippen LogP contribution in [-0.4, -0.2) is 61.1 Å². The maximum atomic E-state index is 12.6. The van der Waals surface area contributed by atoms with Gasteiger partial charge in [0.1, 0.15) is 5.75 Å². The number of amides is 1. The van der Waals surface area contributed by atoms with Crippen molar-refractivity contribution in [3.05, 3.63) is 72.3 Å². The van der Waals surface area contributed by atoms with E-state index in [-0.39, 0.29) is 11.7 Å². The molecule has 1 heterocycles. The number of nitrogens with zero attached hydrogens (tertiary/aromatic N) is 4. The van der Waals surface area contributed by atoms with E-state index in [0.29, 0.717) is 33.8 Å². The summed E-state index contributed by atoms with van der Waals surface area (Å²) in [6.07, 6.45) is 1.50. The summed E-state index contributed by atoms with van der Waals surface area (Å²) >= 11 is 1.25. The SMILES string of the molecule is COc1ccc(-n2c(SCC(=O)NN=Cc3cc(OC)c(OC)c(OC)c3)nnc2-c2ccccc2)cc1. The van der Waals surface area contributed by atoms with Gasteiger partial charge in [-0.1, -0.05) is 42.1 Å². The molecule has 38 heavy (non-hydrogen) atoms. The van der Waals surface area contributed by atoms with Crippen LogP contribution in [0.1, 0.15) is 5.56 Å². The van der Waals surface area contributed by atoms with Gasteiger partial charge in [0.05, 0.1) is 40.4 Å². The van der Waals surface area contributed by atoms with Gasteiger partial charge in [0, 0.05) is 16.8 Å². The van der Waals surface area contributed by atoms with Gasteiger partial charge in [0.15, 0.2) is 22.5 Å². The number of hydrogen-bond acceptors (Lipinski definition) is 9. The van der Waals surface area contributed by atoms with Crippen molar-refractivity contribution in [1.82, 2.24) is 20.2 Å². The van der Waals surface area contributed by atoms with Gasteiger partial charge >= 0.3 is 0 Å². The first kappa shape index (κ1) is 26.6. The first-order valence-corrected chi connectivity index (χ1v) is 12.5. The smallest absolute Gasteiger partial charge is 0.250 e. The van der Waals surface area contributed by atoms with E-state index in [1.54, 1.807) is 19.2 Å². The Morgan fingerprint density at radius 2 is 1.61 bits per heavy atom. The van der Waals surface area contributed by atoms with Gasteiger partial charge in [-0.15, -0.1) is 10.2 Å².